The van der Waals surface area contributed by atoms with Crippen molar-refractivity contribution in [1.82, 2.24) is 0 Å². The van der Waals surface area contributed by atoms with E-state index < -0.39 is 17.6 Å². The maximum absolute atomic E-state index is 12.3. The zero-order valence-electron chi connectivity index (χ0n) is 15.5. The molecular formula is C21H17ClO6. The summed E-state index contributed by atoms with van der Waals surface area (Å²) in [5.74, 6) is -1.06. The second-order valence-electron chi connectivity index (χ2n) is 6.28. The van der Waals surface area contributed by atoms with E-state index in [-0.39, 0.29) is 28.3 Å². The minimum absolute atomic E-state index is 0.0722. The van der Waals surface area contributed by atoms with Crippen LogP contribution in [0.4, 0.5) is 0 Å². The summed E-state index contributed by atoms with van der Waals surface area (Å²) < 4.78 is 15.3. The van der Waals surface area contributed by atoms with Crippen LogP contribution in [-0.2, 0) is 16.0 Å². The molecule has 0 atom stereocenters. The van der Waals surface area contributed by atoms with Gasteiger partial charge in [0.2, 0.25) is 0 Å². The van der Waals surface area contributed by atoms with Gasteiger partial charge in [0.05, 0.1) is 29.7 Å². The lowest BCUT2D eigenvalue weighted by atomic mass is 10.0. The highest BCUT2D eigenvalue weighted by atomic mass is 35.5. The largest absolute Gasteiger partial charge is 0.469 e. The molecule has 0 amide bonds. The Bertz CT molecular complexity index is 1130. The summed E-state index contributed by atoms with van der Waals surface area (Å²) in [4.78, 5) is 36.1. The smallest absolute Gasteiger partial charge is 0.343 e. The van der Waals surface area contributed by atoms with Crippen molar-refractivity contribution in [1.29, 1.82) is 0 Å². The first-order valence-corrected chi connectivity index (χ1v) is 8.79. The third kappa shape index (κ3) is 3.92. The predicted octanol–water partition coefficient (Wildman–Crippen LogP) is 4.00. The van der Waals surface area contributed by atoms with E-state index >= 15 is 0 Å². The van der Waals surface area contributed by atoms with Crippen molar-refractivity contribution >= 4 is 34.5 Å². The van der Waals surface area contributed by atoms with Gasteiger partial charge in [-0.05, 0) is 37.6 Å². The first-order chi connectivity index (χ1) is 13.3. The van der Waals surface area contributed by atoms with Gasteiger partial charge in [-0.1, -0.05) is 29.3 Å². The molecule has 28 heavy (non-hydrogen) atoms. The number of hydrogen-bond acceptors (Lipinski definition) is 6. The van der Waals surface area contributed by atoms with Crippen molar-refractivity contribution in [2.24, 2.45) is 0 Å². The Hall–Kier alpha value is -3.12. The molecule has 0 bridgehead atoms. The number of carbonyl (C=O) groups excluding carboxylic acids is 2. The van der Waals surface area contributed by atoms with Crippen molar-refractivity contribution in [3.05, 3.63) is 74.1 Å². The highest BCUT2D eigenvalue weighted by molar-refractivity contribution is 6.33. The van der Waals surface area contributed by atoms with Gasteiger partial charge in [-0.3, -0.25) is 4.79 Å². The molecule has 0 aliphatic rings. The molecule has 0 aliphatic carbocycles. The van der Waals surface area contributed by atoms with Crippen LogP contribution in [0, 0.1) is 13.8 Å². The number of hydrogen-bond donors (Lipinski definition) is 0. The molecule has 0 N–H and O–H groups in total. The van der Waals surface area contributed by atoms with Crippen LogP contribution in [-0.4, -0.2) is 19.0 Å². The Kier molecular flexibility index (Phi) is 5.51. The van der Waals surface area contributed by atoms with Crippen molar-refractivity contribution in [2.45, 2.75) is 20.3 Å². The fourth-order valence-electron chi connectivity index (χ4n) is 2.74. The standard InChI is InChI=1S/C21H17ClO6/c1-11-4-6-13(7-5-11)20(24)28-18-10-17-14(8-16(18)22)12(2)15(21(25)27-17)9-19(23)26-3/h4-8,10H,9H2,1-3H3. The van der Waals surface area contributed by atoms with Gasteiger partial charge in [-0.2, -0.15) is 0 Å². The van der Waals surface area contributed by atoms with Crippen molar-refractivity contribution in [3.8, 4) is 5.75 Å². The normalized spacial score (nSPS) is 10.7. The van der Waals surface area contributed by atoms with Crippen LogP contribution in [0.3, 0.4) is 0 Å². The van der Waals surface area contributed by atoms with Crippen LogP contribution in [0.15, 0.2) is 45.6 Å². The van der Waals surface area contributed by atoms with Gasteiger partial charge in [0.25, 0.3) is 0 Å². The molecule has 1 aromatic heterocycles. The molecule has 2 aromatic carbocycles. The van der Waals surface area contributed by atoms with E-state index in [1.54, 1.807) is 31.2 Å². The van der Waals surface area contributed by atoms with Gasteiger partial charge < -0.3 is 13.9 Å². The van der Waals surface area contributed by atoms with Gasteiger partial charge in [-0.15, -0.1) is 0 Å². The number of carbonyl (C=O) groups is 2. The maximum atomic E-state index is 12.3. The van der Waals surface area contributed by atoms with Crippen molar-refractivity contribution < 1.29 is 23.5 Å². The minimum atomic E-state index is -0.659. The predicted molar refractivity (Wildman–Crippen MR) is 104 cm³/mol. The van der Waals surface area contributed by atoms with E-state index in [1.807, 2.05) is 6.92 Å². The summed E-state index contributed by atoms with van der Waals surface area (Å²) in [5.41, 5.74) is 1.67. The van der Waals surface area contributed by atoms with E-state index in [0.29, 0.717) is 16.5 Å². The van der Waals surface area contributed by atoms with Gasteiger partial charge in [-0.25, -0.2) is 9.59 Å². The number of ether oxygens (including phenoxy) is 2. The molecule has 144 valence electrons. The molecule has 1 heterocycles. The lowest BCUT2D eigenvalue weighted by Gasteiger charge is -2.11. The van der Waals surface area contributed by atoms with E-state index in [2.05, 4.69) is 4.74 Å². The Labute approximate surface area is 165 Å². The number of esters is 2. The maximum Gasteiger partial charge on any atom is 0.343 e. The zero-order chi connectivity index (χ0) is 20.4. The van der Waals surface area contributed by atoms with Crippen LogP contribution < -0.4 is 10.4 Å². The Morgan fingerprint density at radius 3 is 2.43 bits per heavy atom. The topological polar surface area (TPSA) is 82.8 Å². The fourth-order valence-corrected chi connectivity index (χ4v) is 2.94. The summed E-state index contributed by atoms with van der Waals surface area (Å²) >= 11 is 6.27. The summed E-state index contributed by atoms with van der Waals surface area (Å²) in [6, 6.07) is 9.81. The number of fused-ring (bicyclic) bond motifs is 1. The SMILES string of the molecule is COC(=O)Cc1c(C)c2cc(Cl)c(OC(=O)c3ccc(C)cc3)cc2oc1=O. The number of rotatable bonds is 4. The highest BCUT2D eigenvalue weighted by Crippen LogP contribution is 2.32. The number of methoxy groups -OCH3 is 1. The molecule has 0 unspecified atom stereocenters. The quantitative estimate of drug-likeness (QED) is 0.374. The molecule has 0 radical (unpaired) electrons. The second kappa shape index (κ2) is 7.86. The van der Waals surface area contributed by atoms with Crippen molar-refractivity contribution in [2.75, 3.05) is 7.11 Å². The van der Waals surface area contributed by atoms with E-state index in [1.165, 1.54) is 19.2 Å². The average Bonchev–Trinajstić information content (AvgIpc) is 2.67. The Morgan fingerprint density at radius 2 is 1.79 bits per heavy atom. The van der Waals surface area contributed by atoms with Gasteiger partial charge in [0.15, 0.2) is 5.75 Å². The number of aryl methyl sites for hydroxylation is 2. The van der Waals surface area contributed by atoms with Gasteiger partial charge in [0, 0.05) is 11.5 Å². The lowest BCUT2D eigenvalue weighted by Crippen LogP contribution is -2.16. The monoisotopic (exact) mass is 400 g/mol. The van der Waals surface area contributed by atoms with E-state index in [9.17, 15) is 14.4 Å². The average molecular weight is 401 g/mol. The van der Waals surface area contributed by atoms with Crippen LogP contribution in [0.1, 0.15) is 27.0 Å². The number of halogens is 1. The molecule has 6 nitrogen and oxygen atoms in total. The van der Waals surface area contributed by atoms with Crippen molar-refractivity contribution in [3.63, 3.8) is 0 Å². The molecule has 3 aromatic rings. The summed E-state index contributed by atoms with van der Waals surface area (Å²) in [6.07, 6.45) is -0.206. The van der Waals surface area contributed by atoms with Gasteiger partial charge >= 0.3 is 17.6 Å². The zero-order valence-corrected chi connectivity index (χ0v) is 16.3. The molecule has 0 aliphatic heterocycles. The van der Waals surface area contributed by atoms with E-state index in [0.717, 1.165) is 5.56 Å². The third-order valence-electron chi connectivity index (χ3n) is 4.38. The van der Waals surface area contributed by atoms with Crippen LogP contribution in [0.5, 0.6) is 5.75 Å². The summed E-state index contributed by atoms with van der Waals surface area (Å²) in [6.45, 7) is 3.60. The third-order valence-corrected chi connectivity index (χ3v) is 4.67. The molecule has 0 spiro atoms. The summed E-state index contributed by atoms with van der Waals surface area (Å²) in [5, 5.41) is 0.715. The minimum Gasteiger partial charge on any atom is -0.469 e. The summed E-state index contributed by atoms with van der Waals surface area (Å²) in [7, 11) is 1.24. The van der Waals surface area contributed by atoms with Crippen LogP contribution in [0.2, 0.25) is 5.02 Å². The van der Waals surface area contributed by atoms with Crippen LogP contribution in [0.25, 0.3) is 11.0 Å². The lowest BCUT2D eigenvalue weighted by molar-refractivity contribution is -0.139. The molecule has 7 heteroatoms. The van der Waals surface area contributed by atoms with E-state index in [4.69, 9.17) is 20.8 Å². The molecular weight excluding hydrogens is 384 g/mol. The molecule has 3 rings (SSSR count). The first kappa shape index (κ1) is 19.6. The Morgan fingerprint density at radius 1 is 1.11 bits per heavy atom. The molecule has 0 saturated carbocycles. The molecule has 0 fully saturated rings. The Balaban J connectivity index is 2.00. The number of benzene rings is 2. The fraction of sp³-hybridized carbons (Fsp3) is 0.190. The second-order valence-corrected chi connectivity index (χ2v) is 6.69. The first-order valence-electron chi connectivity index (χ1n) is 8.41. The highest BCUT2D eigenvalue weighted by Gasteiger charge is 2.18. The molecule has 0 saturated heterocycles. The van der Waals surface area contributed by atoms with Gasteiger partial charge in [0.1, 0.15) is 5.58 Å². The van der Waals surface area contributed by atoms with Crippen LogP contribution >= 0.6 is 11.6 Å².